The molecule has 0 saturated carbocycles. The van der Waals surface area contributed by atoms with Gasteiger partial charge < -0.3 is 0 Å². The summed E-state index contributed by atoms with van der Waals surface area (Å²) in [5.74, 6) is -2.32. The second-order valence-corrected chi connectivity index (χ2v) is 3.07. The molecule has 76 valence electrons. The average molecular weight is 210 g/mol. The van der Waals surface area contributed by atoms with Crippen LogP contribution in [0.3, 0.4) is 0 Å². The van der Waals surface area contributed by atoms with Gasteiger partial charge in [0.05, 0.1) is 5.56 Å². The number of hydrogen-bond acceptors (Lipinski definition) is 1. The van der Waals surface area contributed by atoms with Crippen molar-refractivity contribution in [2.45, 2.75) is 0 Å². The number of carbonyl (C=O) groups excluding carboxylic acids is 1. The Morgan fingerprint density at radius 2 is 1.73 bits per heavy atom. The van der Waals surface area contributed by atoms with Gasteiger partial charge in [0.2, 0.25) is 0 Å². The molecule has 15 heavy (non-hydrogen) atoms. The van der Waals surface area contributed by atoms with Crippen molar-refractivity contribution in [2.75, 3.05) is 0 Å². The Balaban J connectivity index is 2.94. The number of benzene rings is 2. The maximum absolute atomic E-state index is 13.5. The van der Waals surface area contributed by atoms with Crippen LogP contribution in [0, 0.1) is 17.5 Å². The van der Waals surface area contributed by atoms with Crippen molar-refractivity contribution in [3.05, 3.63) is 47.3 Å². The van der Waals surface area contributed by atoms with Gasteiger partial charge in [-0.15, -0.1) is 0 Å². The van der Waals surface area contributed by atoms with E-state index in [0.29, 0.717) is 0 Å². The molecule has 0 amide bonds. The Hall–Kier alpha value is -1.84. The largest absolute Gasteiger partial charge is 0.298 e. The van der Waals surface area contributed by atoms with E-state index in [1.807, 2.05) is 0 Å². The molecule has 0 aliphatic carbocycles. The zero-order valence-electron chi connectivity index (χ0n) is 7.43. The van der Waals surface area contributed by atoms with Crippen molar-refractivity contribution in [1.29, 1.82) is 0 Å². The van der Waals surface area contributed by atoms with Gasteiger partial charge in [0.25, 0.3) is 0 Å². The van der Waals surface area contributed by atoms with Gasteiger partial charge in [-0.3, -0.25) is 4.79 Å². The summed E-state index contributed by atoms with van der Waals surface area (Å²) in [5, 5.41) is -0.267. The summed E-state index contributed by atoms with van der Waals surface area (Å²) in [6.07, 6.45) is 0.197. The molecule has 0 heterocycles. The molecule has 0 bridgehead atoms. The molecule has 0 saturated heterocycles. The van der Waals surface area contributed by atoms with Crippen LogP contribution in [0.5, 0.6) is 0 Å². The van der Waals surface area contributed by atoms with E-state index in [1.54, 1.807) is 0 Å². The Morgan fingerprint density at radius 3 is 2.40 bits per heavy atom. The Bertz CT molecular complexity index is 549. The molecule has 0 fully saturated rings. The van der Waals surface area contributed by atoms with E-state index >= 15 is 0 Å². The minimum Gasteiger partial charge on any atom is -0.298 e. The third kappa shape index (κ3) is 1.48. The van der Waals surface area contributed by atoms with E-state index in [0.717, 1.165) is 24.3 Å². The zero-order chi connectivity index (χ0) is 11.0. The zero-order valence-corrected chi connectivity index (χ0v) is 7.43. The highest BCUT2D eigenvalue weighted by molar-refractivity contribution is 5.90. The lowest BCUT2D eigenvalue weighted by Crippen LogP contribution is -1.93. The van der Waals surface area contributed by atoms with Crippen LogP contribution in [0.25, 0.3) is 10.8 Å². The molecule has 0 unspecified atom stereocenters. The minimum atomic E-state index is -0.902. The second kappa shape index (κ2) is 3.38. The van der Waals surface area contributed by atoms with Gasteiger partial charge in [-0.1, -0.05) is 0 Å². The lowest BCUT2D eigenvalue weighted by Gasteiger charge is -2.03. The maximum atomic E-state index is 13.5. The number of rotatable bonds is 1. The van der Waals surface area contributed by atoms with Crippen LogP contribution in [0.1, 0.15) is 10.4 Å². The first kappa shape index (κ1) is 9.71. The van der Waals surface area contributed by atoms with Crippen molar-refractivity contribution in [1.82, 2.24) is 0 Å². The predicted molar refractivity (Wildman–Crippen MR) is 49.2 cm³/mol. The Kier molecular flexibility index (Phi) is 2.19. The smallest absolute Gasteiger partial charge is 0.153 e. The van der Waals surface area contributed by atoms with Crippen molar-refractivity contribution >= 4 is 17.1 Å². The number of aldehydes is 1. The number of carbonyl (C=O) groups is 1. The summed E-state index contributed by atoms with van der Waals surface area (Å²) in [6.45, 7) is 0. The Labute approximate surface area is 83.1 Å². The third-order valence-corrected chi connectivity index (χ3v) is 2.14. The molecule has 0 radical (unpaired) electrons. The van der Waals surface area contributed by atoms with E-state index in [9.17, 15) is 18.0 Å². The number of halogens is 3. The van der Waals surface area contributed by atoms with Gasteiger partial charge in [0.15, 0.2) is 6.29 Å². The molecular weight excluding hydrogens is 205 g/mol. The summed E-state index contributed by atoms with van der Waals surface area (Å²) < 4.78 is 39.6. The van der Waals surface area contributed by atoms with Crippen LogP contribution in [0.15, 0.2) is 24.3 Å². The molecular formula is C11H5F3O. The molecule has 4 heteroatoms. The topological polar surface area (TPSA) is 17.1 Å². The van der Waals surface area contributed by atoms with Crippen LogP contribution in [0.2, 0.25) is 0 Å². The monoisotopic (exact) mass is 210 g/mol. The fourth-order valence-electron chi connectivity index (χ4n) is 1.43. The molecule has 1 nitrogen and oxygen atoms in total. The normalized spacial score (nSPS) is 10.6. The van der Waals surface area contributed by atoms with E-state index in [2.05, 4.69) is 0 Å². The van der Waals surface area contributed by atoms with Crippen molar-refractivity contribution in [2.24, 2.45) is 0 Å². The first-order chi connectivity index (χ1) is 7.13. The highest BCUT2D eigenvalue weighted by Crippen LogP contribution is 2.24. The van der Waals surface area contributed by atoms with E-state index < -0.39 is 23.0 Å². The van der Waals surface area contributed by atoms with E-state index in [4.69, 9.17) is 0 Å². The van der Waals surface area contributed by atoms with Gasteiger partial charge in [-0.2, -0.15) is 0 Å². The molecule has 2 rings (SSSR count). The quantitative estimate of drug-likeness (QED) is 0.661. The molecule has 0 atom stereocenters. The van der Waals surface area contributed by atoms with Crippen LogP contribution in [0.4, 0.5) is 13.2 Å². The fourth-order valence-corrected chi connectivity index (χ4v) is 1.43. The predicted octanol–water partition coefficient (Wildman–Crippen LogP) is 3.07. The van der Waals surface area contributed by atoms with Gasteiger partial charge in [-0.05, 0) is 24.3 Å². The molecule has 0 aliphatic heterocycles. The highest BCUT2D eigenvalue weighted by atomic mass is 19.1. The van der Waals surface area contributed by atoms with Crippen LogP contribution >= 0.6 is 0 Å². The summed E-state index contributed by atoms with van der Waals surface area (Å²) >= 11 is 0. The van der Waals surface area contributed by atoms with Crippen molar-refractivity contribution in [3.63, 3.8) is 0 Å². The van der Waals surface area contributed by atoms with Crippen LogP contribution < -0.4 is 0 Å². The first-order valence-corrected chi connectivity index (χ1v) is 4.16. The first-order valence-electron chi connectivity index (χ1n) is 4.16. The highest BCUT2D eigenvalue weighted by Gasteiger charge is 2.12. The second-order valence-electron chi connectivity index (χ2n) is 3.07. The van der Waals surface area contributed by atoms with Gasteiger partial charge in [-0.25, -0.2) is 13.2 Å². The van der Waals surface area contributed by atoms with Gasteiger partial charge in [0, 0.05) is 10.8 Å². The SMILES string of the molecule is O=Cc1cc(F)c2ccc(F)cc2c1F. The maximum Gasteiger partial charge on any atom is 0.153 e. The number of fused-ring (bicyclic) bond motifs is 1. The molecule has 0 spiro atoms. The molecule has 0 N–H and O–H groups in total. The Morgan fingerprint density at radius 1 is 1.00 bits per heavy atom. The lowest BCUT2D eigenvalue weighted by atomic mass is 10.1. The van der Waals surface area contributed by atoms with E-state index in [1.165, 1.54) is 0 Å². The molecule has 0 aliphatic rings. The standard InChI is InChI=1S/C11H5F3O/c12-7-1-2-8-9(4-7)11(14)6(5-15)3-10(8)13/h1-5H. The summed E-state index contributed by atoms with van der Waals surface area (Å²) in [6, 6.07) is 3.83. The van der Waals surface area contributed by atoms with Crippen molar-refractivity contribution < 1.29 is 18.0 Å². The fraction of sp³-hybridized carbons (Fsp3) is 0. The minimum absolute atomic E-state index is 0.0421. The third-order valence-electron chi connectivity index (χ3n) is 2.14. The average Bonchev–Trinajstić information content (AvgIpc) is 2.23. The van der Waals surface area contributed by atoms with Gasteiger partial charge >= 0.3 is 0 Å². The van der Waals surface area contributed by atoms with Crippen LogP contribution in [-0.2, 0) is 0 Å². The lowest BCUT2D eigenvalue weighted by molar-refractivity contribution is 0.111. The van der Waals surface area contributed by atoms with Crippen LogP contribution in [-0.4, -0.2) is 6.29 Å². The molecule has 0 aromatic heterocycles. The number of hydrogen-bond donors (Lipinski definition) is 0. The van der Waals surface area contributed by atoms with E-state index in [-0.39, 0.29) is 17.1 Å². The van der Waals surface area contributed by atoms with Crippen molar-refractivity contribution in [3.8, 4) is 0 Å². The summed E-state index contributed by atoms with van der Waals surface area (Å²) in [7, 11) is 0. The summed E-state index contributed by atoms with van der Waals surface area (Å²) in [5.41, 5.74) is -0.411. The molecule has 2 aromatic rings. The molecule has 2 aromatic carbocycles. The van der Waals surface area contributed by atoms with Gasteiger partial charge in [0.1, 0.15) is 17.5 Å². The summed E-state index contributed by atoms with van der Waals surface area (Å²) in [4.78, 5) is 10.4.